The van der Waals surface area contributed by atoms with Crippen LogP contribution in [-0.4, -0.2) is 31.8 Å². The molecule has 18 heavy (non-hydrogen) atoms. The van der Waals surface area contributed by atoms with Crippen molar-refractivity contribution >= 4 is 11.6 Å². The highest BCUT2D eigenvalue weighted by Gasteiger charge is 2.12. The van der Waals surface area contributed by atoms with Crippen LogP contribution in [0.4, 0.5) is 5.69 Å². The van der Waals surface area contributed by atoms with Crippen LogP contribution in [0, 0.1) is 0 Å². The average molecular weight is 252 g/mol. The van der Waals surface area contributed by atoms with E-state index in [-0.39, 0.29) is 18.6 Å². The van der Waals surface area contributed by atoms with E-state index in [1.165, 1.54) is 6.92 Å². The zero-order chi connectivity index (χ0) is 13.5. The fourth-order valence-electron chi connectivity index (χ4n) is 1.84. The molecule has 0 saturated heterocycles. The van der Waals surface area contributed by atoms with Crippen molar-refractivity contribution in [1.82, 2.24) is 5.32 Å². The van der Waals surface area contributed by atoms with E-state index < -0.39 is 0 Å². The lowest BCUT2D eigenvalue weighted by molar-refractivity contribution is -0.114. The molecule has 5 nitrogen and oxygen atoms in total. The number of anilines is 1. The highest BCUT2D eigenvalue weighted by Crippen LogP contribution is 2.28. The SMILES string of the molecule is CNC(CCO)c1ccc(OC)c(NC(C)=O)c1. The first-order valence-electron chi connectivity index (χ1n) is 5.86. The maximum Gasteiger partial charge on any atom is 0.221 e. The summed E-state index contributed by atoms with van der Waals surface area (Å²) in [6, 6.07) is 5.63. The summed E-state index contributed by atoms with van der Waals surface area (Å²) in [7, 11) is 3.40. The molecule has 0 fully saturated rings. The Morgan fingerprint density at radius 1 is 1.50 bits per heavy atom. The molecule has 1 amide bonds. The topological polar surface area (TPSA) is 70.6 Å². The van der Waals surface area contributed by atoms with Crippen molar-refractivity contribution in [2.45, 2.75) is 19.4 Å². The number of hydrogen-bond donors (Lipinski definition) is 3. The van der Waals surface area contributed by atoms with E-state index in [1.807, 2.05) is 25.2 Å². The summed E-state index contributed by atoms with van der Waals surface area (Å²) in [6.45, 7) is 1.56. The van der Waals surface area contributed by atoms with Crippen LogP contribution in [0.2, 0.25) is 0 Å². The number of hydrogen-bond acceptors (Lipinski definition) is 4. The molecule has 100 valence electrons. The number of carbonyl (C=O) groups excluding carboxylic acids is 1. The first-order chi connectivity index (χ1) is 8.62. The third-order valence-electron chi connectivity index (χ3n) is 2.70. The van der Waals surface area contributed by atoms with Gasteiger partial charge < -0.3 is 20.5 Å². The quantitative estimate of drug-likeness (QED) is 0.713. The molecule has 1 unspecified atom stereocenters. The van der Waals surface area contributed by atoms with Gasteiger partial charge in [-0.2, -0.15) is 0 Å². The van der Waals surface area contributed by atoms with Crippen LogP contribution in [0.25, 0.3) is 0 Å². The van der Waals surface area contributed by atoms with Crippen LogP contribution >= 0.6 is 0 Å². The normalized spacial score (nSPS) is 12.0. The van der Waals surface area contributed by atoms with Crippen molar-refractivity contribution in [3.05, 3.63) is 23.8 Å². The predicted octanol–water partition coefficient (Wildman–Crippen LogP) is 1.30. The second-order valence-corrected chi connectivity index (χ2v) is 3.99. The summed E-state index contributed by atoms with van der Waals surface area (Å²) >= 11 is 0. The Bertz CT molecular complexity index is 407. The Kier molecular flexibility index (Phi) is 5.61. The highest BCUT2D eigenvalue weighted by molar-refractivity contribution is 5.90. The molecule has 1 atom stereocenters. The zero-order valence-electron chi connectivity index (χ0n) is 11.0. The van der Waals surface area contributed by atoms with E-state index >= 15 is 0 Å². The van der Waals surface area contributed by atoms with Gasteiger partial charge in [-0.05, 0) is 31.2 Å². The number of ether oxygens (including phenoxy) is 1. The van der Waals surface area contributed by atoms with Crippen molar-refractivity contribution in [3.63, 3.8) is 0 Å². The van der Waals surface area contributed by atoms with Gasteiger partial charge in [-0.15, -0.1) is 0 Å². The molecule has 0 spiro atoms. The third kappa shape index (κ3) is 3.72. The average Bonchev–Trinajstić information content (AvgIpc) is 2.35. The van der Waals surface area contributed by atoms with Gasteiger partial charge in [-0.1, -0.05) is 6.07 Å². The molecule has 0 aliphatic heterocycles. The molecule has 1 aromatic rings. The van der Waals surface area contributed by atoms with Crippen LogP contribution in [0.1, 0.15) is 24.9 Å². The Labute approximate surface area is 107 Å². The zero-order valence-corrected chi connectivity index (χ0v) is 11.0. The van der Waals surface area contributed by atoms with Crippen LogP contribution in [-0.2, 0) is 4.79 Å². The second-order valence-electron chi connectivity index (χ2n) is 3.99. The van der Waals surface area contributed by atoms with Crippen LogP contribution < -0.4 is 15.4 Å². The van der Waals surface area contributed by atoms with E-state index in [4.69, 9.17) is 9.84 Å². The van der Waals surface area contributed by atoms with E-state index in [1.54, 1.807) is 7.11 Å². The third-order valence-corrected chi connectivity index (χ3v) is 2.70. The Morgan fingerprint density at radius 2 is 2.22 bits per heavy atom. The van der Waals surface area contributed by atoms with Crippen molar-refractivity contribution in [2.24, 2.45) is 0 Å². The van der Waals surface area contributed by atoms with Crippen LogP contribution in [0.15, 0.2) is 18.2 Å². The fourth-order valence-corrected chi connectivity index (χ4v) is 1.84. The van der Waals surface area contributed by atoms with Gasteiger partial charge in [0.15, 0.2) is 0 Å². The molecular weight excluding hydrogens is 232 g/mol. The van der Waals surface area contributed by atoms with Gasteiger partial charge >= 0.3 is 0 Å². The first-order valence-corrected chi connectivity index (χ1v) is 5.86. The molecule has 1 rings (SSSR count). The maximum absolute atomic E-state index is 11.1. The summed E-state index contributed by atoms with van der Waals surface area (Å²) in [6.07, 6.45) is 0.613. The Morgan fingerprint density at radius 3 is 2.72 bits per heavy atom. The summed E-state index contributed by atoms with van der Waals surface area (Å²) < 4.78 is 5.19. The number of aliphatic hydroxyl groups excluding tert-OH is 1. The summed E-state index contributed by atoms with van der Waals surface area (Å²) in [5.41, 5.74) is 1.64. The van der Waals surface area contributed by atoms with Gasteiger partial charge in [-0.25, -0.2) is 0 Å². The van der Waals surface area contributed by atoms with Crippen LogP contribution in [0.3, 0.4) is 0 Å². The summed E-state index contributed by atoms with van der Waals surface area (Å²) in [5.74, 6) is 0.474. The standard InChI is InChI=1S/C13H20N2O3/c1-9(17)15-12-8-10(4-5-13(12)18-3)11(14-2)6-7-16/h4-5,8,11,14,16H,6-7H2,1-3H3,(H,15,17). The number of amides is 1. The van der Waals surface area contributed by atoms with Gasteiger partial charge in [0.2, 0.25) is 5.91 Å². The number of nitrogens with one attached hydrogen (secondary N) is 2. The van der Waals surface area contributed by atoms with E-state index in [2.05, 4.69) is 10.6 Å². The lowest BCUT2D eigenvalue weighted by Crippen LogP contribution is -2.18. The van der Waals surface area contributed by atoms with Gasteiger partial charge in [0.25, 0.3) is 0 Å². The smallest absolute Gasteiger partial charge is 0.221 e. The van der Waals surface area contributed by atoms with Crippen LogP contribution in [0.5, 0.6) is 5.75 Å². The van der Waals surface area contributed by atoms with Gasteiger partial charge in [0.1, 0.15) is 5.75 Å². The molecule has 0 bridgehead atoms. The van der Waals surface area contributed by atoms with Crippen molar-refractivity contribution < 1.29 is 14.6 Å². The largest absolute Gasteiger partial charge is 0.495 e. The molecule has 0 heterocycles. The molecule has 0 saturated carbocycles. The van der Waals surface area contributed by atoms with Crippen molar-refractivity contribution in [2.75, 3.05) is 26.1 Å². The number of rotatable bonds is 6. The maximum atomic E-state index is 11.1. The monoisotopic (exact) mass is 252 g/mol. The van der Waals surface area contributed by atoms with E-state index in [0.717, 1.165) is 5.56 Å². The van der Waals surface area contributed by atoms with Crippen molar-refractivity contribution in [1.29, 1.82) is 0 Å². The summed E-state index contributed by atoms with van der Waals surface area (Å²) in [5, 5.41) is 14.9. The highest BCUT2D eigenvalue weighted by atomic mass is 16.5. The molecule has 1 aromatic carbocycles. The Balaban J connectivity index is 3.03. The molecular formula is C13H20N2O3. The predicted molar refractivity (Wildman–Crippen MR) is 70.8 cm³/mol. The Hall–Kier alpha value is -1.59. The molecule has 0 radical (unpaired) electrons. The molecule has 3 N–H and O–H groups in total. The minimum absolute atomic E-state index is 0.0495. The minimum Gasteiger partial charge on any atom is -0.495 e. The van der Waals surface area contributed by atoms with Gasteiger partial charge in [0, 0.05) is 19.6 Å². The second kappa shape index (κ2) is 6.98. The number of benzene rings is 1. The lowest BCUT2D eigenvalue weighted by atomic mass is 10.0. The van der Waals surface area contributed by atoms with Crippen molar-refractivity contribution in [3.8, 4) is 5.75 Å². The van der Waals surface area contributed by atoms with E-state index in [9.17, 15) is 4.79 Å². The number of carbonyl (C=O) groups is 1. The summed E-state index contributed by atoms with van der Waals surface area (Å²) in [4.78, 5) is 11.1. The molecule has 5 heteroatoms. The number of aliphatic hydroxyl groups is 1. The number of methoxy groups -OCH3 is 1. The lowest BCUT2D eigenvalue weighted by Gasteiger charge is -2.18. The fraction of sp³-hybridized carbons (Fsp3) is 0.462. The molecule has 0 aliphatic carbocycles. The van der Waals surface area contributed by atoms with Gasteiger partial charge in [0.05, 0.1) is 12.8 Å². The minimum atomic E-state index is -0.145. The first kappa shape index (κ1) is 14.5. The molecule has 0 aliphatic rings. The van der Waals surface area contributed by atoms with Gasteiger partial charge in [-0.3, -0.25) is 4.79 Å². The van der Waals surface area contributed by atoms with E-state index in [0.29, 0.717) is 17.9 Å². The molecule has 0 aromatic heterocycles.